The molecule has 1 aromatic heterocycles. The van der Waals surface area contributed by atoms with Gasteiger partial charge in [0, 0.05) is 0 Å². The zero-order valence-corrected chi connectivity index (χ0v) is 12.2. The lowest BCUT2D eigenvalue weighted by Gasteiger charge is -2.32. The van der Waals surface area contributed by atoms with E-state index in [4.69, 9.17) is 14.9 Å². The molecule has 1 heterocycles. The molecule has 6 heteroatoms. The van der Waals surface area contributed by atoms with Gasteiger partial charge in [-0.1, -0.05) is 0 Å². The van der Waals surface area contributed by atoms with Crippen LogP contribution in [-0.4, -0.2) is 5.78 Å². The molecule has 0 amide bonds. The van der Waals surface area contributed by atoms with Gasteiger partial charge in [-0.2, -0.15) is 21.0 Å². The molecule has 1 atom stereocenters. The summed E-state index contributed by atoms with van der Waals surface area (Å²) in [6.45, 7) is 0. The minimum absolute atomic E-state index is 0.301. The lowest BCUT2D eigenvalue weighted by Crippen LogP contribution is -2.41. The van der Waals surface area contributed by atoms with Crippen LogP contribution in [-0.2, 0) is 4.79 Å². The van der Waals surface area contributed by atoms with Crippen LogP contribution in [0.15, 0.2) is 28.4 Å². The van der Waals surface area contributed by atoms with E-state index in [-0.39, 0.29) is 5.78 Å². The smallest absolute Gasteiger partial charge is 0.182 e. The first-order chi connectivity index (χ1) is 11.1. The Balaban J connectivity index is 2.45. The SMILES string of the molecule is N#CC(C#N)C(C#N)(C#N)C1CCC/C(=C\c2ccco2)C1=O. The Hall–Kier alpha value is -3.35. The maximum absolute atomic E-state index is 12.7. The molecule has 1 aliphatic carbocycles. The molecule has 1 unspecified atom stereocenters. The number of hydrogen-bond donors (Lipinski definition) is 0. The third-order valence-electron chi connectivity index (χ3n) is 4.06. The molecule has 2 rings (SSSR count). The van der Waals surface area contributed by atoms with Gasteiger partial charge in [0.15, 0.2) is 17.1 Å². The highest BCUT2D eigenvalue weighted by molar-refractivity contribution is 6.02. The summed E-state index contributed by atoms with van der Waals surface area (Å²) in [5.41, 5.74) is -1.51. The van der Waals surface area contributed by atoms with E-state index in [0.717, 1.165) is 0 Å². The fourth-order valence-electron chi connectivity index (χ4n) is 2.84. The van der Waals surface area contributed by atoms with Crippen molar-refractivity contribution in [1.82, 2.24) is 0 Å². The van der Waals surface area contributed by atoms with E-state index in [0.29, 0.717) is 30.6 Å². The van der Waals surface area contributed by atoms with Crippen LogP contribution in [0.5, 0.6) is 0 Å². The van der Waals surface area contributed by atoms with Gasteiger partial charge in [0.1, 0.15) is 5.76 Å². The first-order valence-corrected chi connectivity index (χ1v) is 7.03. The Bertz CT molecular complexity index is 766. The summed E-state index contributed by atoms with van der Waals surface area (Å²) in [6, 6.07) is 10.3. The fourth-order valence-corrected chi connectivity index (χ4v) is 2.84. The molecule has 0 aromatic carbocycles. The molecular formula is C17H12N4O2. The zero-order valence-electron chi connectivity index (χ0n) is 12.2. The maximum Gasteiger partial charge on any atom is 0.182 e. The van der Waals surface area contributed by atoms with Gasteiger partial charge >= 0.3 is 0 Å². The molecule has 23 heavy (non-hydrogen) atoms. The number of ketones is 1. The molecule has 0 spiro atoms. The van der Waals surface area contributed by atoms with Crippen molar-refractivity contribution in [2.45, 2.75) is 19.3 Å². The van der Waals surface area contributed by atoms with Crippen LogP contribution in [0.25, 0.3) is 6.08 Å². The molecule has 1 aromatic rings. The molecule has 112 valence electrons. The van der Waals surface area contributed by atoms with Gasteiger partial charge in [0.05, 0.1) is 36.5 Å². The van der Waals surface area contributed by atoms with Gasteiger partial charge in [-0.3, -0.25) is 4.79 Å². The molecule has 0 N–H and O–H groups in total. The summed E-state index contributed by atoms with van der Waals surface area (Å²) in [5, 5.41) is 37.1. The minimum atomic E-state index is -1.96. The van der Waals surface area contributed by atoms with E-state index < -0.39 is 17.3 Å². The van der Waals surface area contributed by atoms with Crippen molar-refractivity contribution in [3.8, 4) is 24.3 Å². The molecule has 6 nitrogen and oxygen atoms in total. The van der Waals surface area contributed by atoms with Crippen LogP contribution in [0.2, 0.25) is 0 Å². The summed E-state index contributed by atoms with van der Waals surface area (Å²) in [6.07, 6.45) is 4.47. The number of nitriles is 4. The number of rotatable bonds is 3. The van der Waals surface area contributed by atoms with Crippen LogP contribution in [0.3, 0.4) is 0 Å². The second-order valence-corrected chi connectivity index (χ2v) is 5.28. The lowest BCUT2D eigenvalue weighted by molar-refractivity contribution is -0.122. The topological polar surface area (TPSA) is 125 Å². The highest BCUT2D eigenvalue weighted by Gasteiger charge is 2.52. The van der Waals surface area contributed by atoms with Crippen molar-refractivity contribution in [1.29, 1.82) is 21.0 Å². The summed E-state index contributed by atoms with van der Waals surface area (Å²) < 4.78 is 5.18. The summed E-state index contributed by atoms with van der Waals surface area (Å²) in [5.74, 6) is -2.33. The van der Waals surface area contributed by atoms with Crippen LogP contribution in [0.4, 0.5) is 0 Å². The van der Waals surface area contributed by atoms with Gasteiger partial charge in [-0.25, -0.2) is 0 Å². The lowest BCUT2D eigenvalue weighted by atomic mass is 9.63. The molecule has 0 bridgehead atoms. The van der Waals surface area contributed by atoms with E-state index in [1.54, 1.807) is 42.5 Å². The number of Topliss-reactive ketones (excluding diaryl/α,β-unsaturated/α-hetero) is 1. The Morgan fingerprint density at radius 3 is 2.48 bits per heavy atom. The predicted octanol–water partition coefficient (Wildman–Crippen LogP) is 2.73. The molecule has 0 aliphatic heterocycles. The van der Waals surface area contributed by atoms with Gasteiger partial charge < -0.3 is 4.42 Å². The maximum atomic E-state index is 12.7. The van der Waals surface area contributed by atoms with Gasteiger partial charge in [0.25, 0.3) is 0 Å². The molecule has 1 aliphatic rings. The summed E-state index contributed by atoms with van der Waals surface area (Å²) in [7, 11) is 0. The van der Waals surface area contributed by atoms with Crippen molar-refractivity contribution < 1.29 is 9.21 Å². The van der Waals surface area contributed by atoms with E-state index in [1.165, 1.54) is 6.26 Å². The summed E-state index contributed by atoms with van der Waals surface area (Å²) >= 11 is 0. The fraction of sp³-hybridized carbons (Fsp3) is 0.353. The standard InChI is InChI=1S/C17H12N4O2/c18-8-13(9-19)17(10-20,11-21)15-5-1-3-12(16(15)22)7-14-4-2-6-23-14/h2,4,6-7,13,15H,1,3,5H2/b12-7+. The second-order valence-electron chi connectivity index (χ2n) is 5.28. The largest absolute Gasteiger partial charge is 0.465 e. The van der Waals surface area contributed by atoms with Crippen LogP contribution in [0.1, 0.15) is 25.0 Å². The van der Waals surface area contributed by atoms with Crippen LogP contribution >= 0.6 is 0 Å². The monoisotopic (exact) mass is 304 g/mol. The second kappa shape index (κ2) is 6.61. The summed E-state index contributed by atoms with van der Waals surface area (Å²) in [4.78, 5) is 12.7. The third-order valence-corrected chi connectivity index (χ3v) is 4.06. The Kier molecular flexibility index (Phi) is 4.61. The van der Waals surface area contributed by atoms with Crippen molar-refractivity contribution in [3.05, 3.63) is 29.7 Å². The number of furan rings is 1. The Morgan fingerprint density at radius 1 is 1.26 bits per heavy atom. The van der Waals surface area contributed by atoms with Gasteiger partial charge in [-0.15, -0.1) is 0 Å². The highest BCUT2D eigenvalue weighted by Crippen LogP contribution is 2.43. The average molecular weight is 304 g/mol. The quantitative estimate of drug-likeness (QED) is 0.790. The van der Waals surface area contributed by atoms with Gasteiger partial charge in [0.2, 0.25) is 0 Å². The average Bonchev–Trinajstić information content (AvgIpc) is 3.08. The Morgan fingerprint density at radius 2 is 1.96 bits per heavy atom. The van der Waals surface area contributed by atoms with Crippen molar-refractivity contribution in [3.63, 3.8) is 0 Å². The normalized spacial score (nSPS) is 19.6. The molecular weight excluding hydrogens is 292 g/mol. The molecule has 1 fully saturated rings. The van der Waals surface area contributed by atoms with Crippen molar-refractivity contribution in [2.75, 3.05) is 0 Å². The minimum Gasteiger partial charge on any atom is -0.465 e. The Labute approximate surface area is 133 Å². The third kappa shape index (κ3) is 2.71. The first-order valence-electron chi connectivity index (χ1n) is 7.03. The van der Waals surface area contributed by atoms with Crippen LogP contribution < -0.4 is 0 Å². The number of carbonyl (C=O) groups excluding carboxylic acids is 1. The van der Waals surface area contributed by atoms with Gasteiger partial charge in [-0.05, 0) is 43.0 Å². The zero-order chi connectivity index (χ0) is 16.9. The van der Waals surface area contributed by atoms with Crippen molar-refractivity contribution >= 4 is 11.9 Å². The number of hydrogen-bond acceptors (Lipinski definition) is 6. The van der Waals surface area contributed by atoms with Crippen molar-refractivity contribution in [2.24, 2.45) is 17.3 Å². The van der Waals surface area contributed by atoms with E-state index >= 15 is 0 Å². The molecule has 1 saturated carbocycles. The number of nitrogens with zero attached hydrogens (tertiary/aromatic N) is 4. The first kappa shape index (κ1) is 16.0. The highest BCUT2D eigenvalue weighted by atomic mass is 16.3. The number of carbonyl (C=O) groups is 1. The van der Waals surface area contributed by atoms with Crippen LogP contribution in [0, 0.1) is 62.6 Å². The number of allylic oxidation sites excluding steroid dienone is 1. The van der Waals surface area contributed by atoms with E-state index in [1.807, 2.05) is 0 Å². The molecule has 0 saturated heterocycles. The predicted molar refractivity (Wildman–Crippen MR) is 77.4 cm³/mol. The van der Waals surface area contributed by atoms with E-state index in [2.05, 4.69) is 0 Å². The van der Waals surface area contributed by atoms with E-state index in [9.17, 15) is 15.3 Å². The molecule has 0 radical (unpaired) electrons.